The molecule has 0 radical (unpaired) electrons. The van der Waals surface area contributed by atoms with Gasteiger partial charge in [0.2, 0.25) is 0 Å². The quantitative estimate of drug-likeness (QED) is 0.843. The summed E-state index contributed by atoms with van der Waals surface area (Å²) in [5.41, 5.74) is 0. The average molecular weight is 237 g/mol. The predicted octanol–water partition coefficient (Wildman–Crippen LogP) is 1.38. The first kappa shape index (κ1) is 11.7. The number of carbonyl (C=O) groups is 2. The second-order valence-corrected chi connectivity index (χ2v) is 4.54. The number of aryl methyl sites for hydroxylation is 1. The van der Waals surface area contributed by atoms with Gasteiger partial charge in [0.15, 0.2) is 5.76 Å². The van der Waals surface area contributed by atoms with Crippen molar-refractivity contribution in [1.82, 2.24) is 4.90 Å². The van der Waals surface area contributed by atoms with E-state index >= 15 is 0 Å². The Balaban J connectivity index is 2.10. The van der Waals surface area contributed by atoms with E-state index in [1.165, 1.54) is 0 Å². The molecule has 1 N–H and O–H groups in total. The molecule has 2 atom stereocenters. The molecular weight excluding hydrogens is 222 g/mol. The molecule has 1 aromatic heterocycles. The highest BCUT2D eigenvalue weighted by Crippen LogP contribution is 2.25. The Morgan fingerprint density at radius 1 is 1.41 bits per heavy atom. The molecule has 5 nitrogen and oxygen atoms in total. The monoisotopic (exact) mass is 237 g/mol. The molecular formula is C12H15NO4. The summed E-state index contributed by atoms with van der Waals surface area (Å²) in [6, 6.07) is 3.35. The fourth-order valence-corrected chi connectivity index (χ4v) is 2.16. The van der Waals surface area contributed by atoms with Crippen LogP contribution in [-0.4, -0.2) is 35.0 Å². The van der Waals surface area contributed by atoms with Crippen molar-refractivity contribution in [1.29, 1.82) is 0 Å². The third-order valence-electron chi connectivity index (χ3n) is 3.17. The first-order valence-electron chi connectivity index (χ1n) is 5.57. The van der Waals surface area contributed by atoms with Crippen molar-refractivity contribution in [3.05, 3.63) is 23.7 Å². The highest BCUT2D eigenvalue weighted by molar-refractivity contribution is 5.92. The number of rotatable bonds is 2. The van der Waals surface area contributed by atoms with Crippen molar-refractivity contribution in [2.24, 2.45) is 11.8 Å². The van der Waals surface area contributed by atoms with Crippen LogP contribution in [0.25, 0.3) is 0 Å². The number of furan rings is 1. The molecule has 1 fully saturated rings. The molecule has 1 aliphatic rings. The van der Waals surface area contributed by atoms with Crippen molar-refractivity contribution in [3.63, 3.8) is 0 Å². The lowest BCUT2D eigenvalue weighted by Crippen LogP contribution is -2.29. The van der Waals surface area contributed by atoms with Gasteiger partial charge in [0.1, 0.15) is 5.76 Å². The molecule has 92 valence electrons. The smallest absolute Gasteiger partial charge is 0.308 e. The minimum absolute atomic E-state index is 0.0208. The standard InChI is InChI=1S/C12H15NO4/c1-7-5-13(6-9(7)12(15)16)11(14)10-4-3-8(2)17-10/h3-4,7,9H,5-6H2,1-2H3,(H,15,16)/t7-,9-/m1/s1. The zero-order valence-corrected chi connectivity index (χ0v) is 9.84. The van der Waals surface area contributed by atoms with Crippen molar-refractivity contribution in [2.45, 2.75) is 13.8 Å². The van der Waals surface area contributed by atoms with Gasteiger partial charge in [-0.05, 0) is 25.0 Å². The number of carboxylic acids is 1. The summed E-state index contributed by atoms with van der Waals surface area (Å²) in [4.78, 5) is 24.5. The number of amides is 1. The maximum atomic E-state index is 12.0. The Morgan fingerprint density at radius 2 is 2.12 bits per heavy atom. The van der Waals surface area contributed by atoms with Gasteiger partial charge in [0, 0.05) is 13.1 Å². The van der Waals surface area contributed by atoms with Gasteiger partial charge in [-0.3, -0.25) is 9.59 Å². The molecule has 1 aliphatic heterocycles. The van der Waals surface area contributed by atoms with Gasteiger partial charge >= 0.3 is 5.97 Å². The lowest BCUT2D eigenvalue weighted by atomic mass is 9.99. The molecule has 0 unspecified atom stereocenters. The summed E-state index contributed by atoms with van der Waals surface area (Å²) in [6.07, 6.45) is 0. The van der Waals surface area contributed by atoms with Gasteiger partial charge in [-0.15, -0.1) is 0 Å². The van der Waals surface area contributed by atoms with E-state index in [1.807, 2.05) is 6.92 Å². The van der Waals surface area contributed by atoms with Crippen molar-refractivity contribution >= 4 is 11.9 Å². The van der Waals surface area contributed by atoms with Crippen LogP contribution in [-0.2, 0) is 4.79 Å². The van der Waals surface area contributed by atoms with Crippen LogP contribution < -0.4 is 0 Å². The van der Waals surface area contributed by atoms with Crippen LogP contribution in [0.1, 0.15) is 23.2 Å². The van der Waals surface area contributed by atoms with Crippen LogP contribution >= 0.6 is 0 Å². The summed E-state index contributed by atoms with van der Waals surface area (Å²) >= 11 is 0. The zero-order chi connectivity index (χ0) is 12.6. The van der Waals surface area contributed by atoms with Crippen molar-refractivity contribution in [3.8, 4) is 0 Å². The number of nitrogens with zero attached hydrogens (tertiary/aromatic N) is 1. The number of carbonyl (C=O) groups excluding carboxylic acids is 1. The van der Waals surface area contributed by atoms with E-state index in [9.17, 15) is 9.59 Å². The summed E-state index contributed by atoms with van der Waals surface area (Å²) in [5.74, 6) is -0.615. The summed E-state index contributed by atoms with van der Waals surface area (Å²) in [5, 5.41) is 9.00. The zero-order valence-electron chi connectivity index (χ0n) is 9.84. The first-order chi connectivity index (χ1) is 7.99. The number of aliphatic carboxylic acids is 1. The third-order valence-corrected chi connectivity index (χ3v) is 3.17. The Morgan fingerprint density at radius 3 is 2.59 bits per heavy atom. The van der Waals surface area contributed by atoms with Crippen molar-refractivity contribution in [2.75, 3.05) is 13.1 Å². The van der Waals surface area contributed by atoms with E-state index < -0.39 is 11.9 Å². The molecule has 17 heavy (non-hydrogen) atoms. The first-order valence-corrected chi connectivity index (χ1v) is 5.57. The molecule has 1 amide bonds. The molecule has 0 aromatic carbocycles. The van der Waals surface area contributed by atoms with E-state index in [4.69, 9.17) is 9.52 Å². The SMILES string of the molecule is Cc1ccc(C(=O)N2C[C@@H](C)[C@H](C(=O)O)C2)o1. The highest BCUT2D eigenvalue weighted by Gasteiger charge is 2.37. The Bertz CT molecular complexity index is 451. The Labute approximate surface area is 99.0 Å². The second-order valence-electron chi connectivity index (χ2n) is 4.54. The minimum atomic E-state index is -0.844. The number of carboxylic acid groups (broad SMARTS) is 1. The van der Waals surface area contributed by atoms with Crippen LogP contribution in [0.4, 0.5) is 0 Å². The molecule has 5 heteroatoms. The minimum Gasteiger partial charge on any atom is -0.481 e. The van der Waals surface area contributed by atoms with Crippen LogP contribution in [0.15, 0.2) is 16.5 Å². The van der Waals surface area contributed by atoms with E-state index in [0.29, 0.717) is 12.3 Å². The van der Waals surface area contributed by atoms with E-state index in [1.54, 1.807) is 24.0 Å². The maximum absolute atomic E-state index is 12.0. The highest BCUT2D eigenvalue weighted by atomic mass is 16.4. The summed E-state index contributed by atoms with van der Waals surface area (Å²) in [7, 11) is 0. The molecule has 0 bridgehead atoms. The van der Waals surface area contributed by atoms with Gasteiger partial charge in [0.05, 0.1) is 5.92 Å². The normalized spacial score (nSPS) is 24.0. The largest absolute Gasteiger partial charge is 0.481 e. The van der Waals surface area contributed by atoms with Gasteiger partial charge < -0.3 is 14.4 Å². The van der Waals surface area contributed by atoms with E-state index in [0.717, 1.165) is 0 Å². The number of hydrogen-bond acceptors (Lipinski definition) is 3. The van der Waals surface area contributed by atoms with Crippen LogP contribution in [0.3, 0.4) is 0 Å². The predicted molar refractivity (Wildman–Crippen MR) is 59.6 cm³/mol. The van der Waals surface area contributed by atoms with Gasteiger partial charge in [0.25, 0.3) is 5.91 Å². The molecule has 2 rings (SSSR count). The van der Waals surface area contributed by atoms with Crippen LogP contribution in [0.5, 0.6) is 0 Å². The lowest BCUT2D eigenvalue weighted by Gasteiger charge is -2.13. The van der Waals surface area contributed by atoms with Crippen molar-refractivity contribution < 1.29 is 19.1 Å². The van der Waals surface area contributed by atoms with E-state index in [2.05, 4.69) is 0 Å². The van der Waals surface area contributed by atoms with E-state index in [-0.39, 0.29) is 24.1 Å². The third kappa shape index (κ3) is 2.18. The van der Waals surface area contributed by atoms with Crippen LogP contribution in [0, 0.1) is 18.8 Å². The lowest BCUT2D eigenvalue weighted by molar-refractivity contribution is -0.142. The molecule has 0 aliphatic carbocycles. The second kappa shape index (κ2) is 4.24. The molecule has 0 spiro atoms. The maximum Gasteiger partial charge on any atom is 0.308 e. The van der Waals surface area contributed by atoms with Gasteiger partial charge in [-0.2, -0.15) is 0 Å². The topological polar surface area (TPSA) is 70.8 Å². The average Bonchev–Trinajstić information content (AvgIpc) is 2.83. The summed E-state index contributed by atoms with van der Waals surface area (Å²) in [6.45, 7) is 4.34. The van der Waals surface area contributed by atoms with Gasteiger partial charge in [-0.1, -0.05) is 6.92 Å². The van der Waals surface area contributed by atoms with Crippen LogP contribution in [0.2, 0.25) is 0 Å². The summed E-state index contributed by atoms with van der Waals surface area (Å²) < 4.78 is 5.25. The number of hydrogen-bond donors (Lipinski definition) is 1. The molecule has 0 saturated carbocycles. The van der Waals surface area contributed by atoms with Gasteiger partial charge in [-0.25, -0.2) is 0 Å². The fourth-order valence-electron chi connectivity index (χ4n) is 2.16. The number of likely N-dealkylation sites (tertiary alicyclic amines) is 1. The Kier molecular flexibility index (Phi) is 2.92. The Hall–Kier alpha value is -1.78. The molecule has 2 heterocycles. The fraction of sp³-hybridized carbons (Fsp3) is 0.500. The molecule has 1 saturated heterocycles. The molecule has 1 aromatic rings.